The Kier molecular flexibility index (Phi) is 2.61. The molecular formula is C7H15NOS. The van der Waals surface area contributed by atoms with Gasteiger partial charge in [0.05, 0.1) is 5.60 Å². The van der Waals surface area contributed by atoms with E-state index < -0.39 is 0 Å². The minimum absolute atomic E-state index is 0.0354. The fourth-order valence-electron chi connectivity index (χ4n) is 1.35. The Hall–Kier alpha value is 0.270. The van der Waals surface area contributed by atoms with Gasteiger partial charge in [0.15, 0.2) is 0 Å². The second-order valence-corrected chi connectivity index (χ2v) is 4.00. The third-order valence-corrected chi connectivity index (χ3v) is 3.34. The summed E-state index contributed by atoms with van der Waals surface area (Å²) in [6, 6.07) is 0. The lowest BCUT2D eigenvalue weighted by atomic mass is 9.79. The van der Waals surface area contributed by atoms with Gasteiger partial charge in [-0.2, -0.15) is 11.8 Å². The molecule has 0 aromatic rings. The number of hydrogen-bond donors (Lipinski definition) is 1. The standard InChI is InChI=1S/C7H15NOS/c1-9-7(5-8)3-6(4-7)10-2/h6H,3-5,8H2,1-2H3. The number of methoxy groups -OCH3 is 1. The highest BCUT2D eigenvalue weighted by atomic mass is 32.2. The van der Waals surface area contributed by atoms with E-state index >= 15 is 0 Å². The van der Waals surface area contributed by atoms with E-state index in [2.05, 4.69) is 6.26 Å². The van der Waals surface area contributed by atoms with E-state index in [9.17, 15) is 0 Å². The summed E-state index contributed by atoms with van der Waals surface area (Å²) in [5, 5.41) is 0.781. The van der Waals surface area contributed by atoms with Crippen LogP contribution in [-0.4, -0.2) is 30.8 Å². The van der Waals surface area contributed by atoms with Crippen molar-refractivity contribution in [2.45, 2.75) is 23.7 Å². The van der Waals surface area contributed by atoms with E-state index in [1.54, 1.807) is 7.11 Å². The van der Waals surface area contributed by atoms with Crippen molar-refractivity contribution in [2.24, 2.45) is 5.73 Å². The van der Waals surface area contributed by atoms with E-state index in [1.165, 1.54) is 0 Å². The lowest BCUT2D eigenvalue weighted by molar-refractivity contribution is -0.0590. The molecule has 2 N–H and O–H groups in total. The highest BCUT2D eigenvalue weighted by Crippen LogP contribution is 2.40. The summed E-state index contributed by atoms with van der Waals surface area (Å²) in [5.74, 6) is 0. The quantitative estimate of drug-likeness (QED) is 0.666. The van der Waals surface area contributed by atoms with Crippen LogP contribution in [0.15, 0.2) is 0 Å². The van der Waals surface area contributed by atoms with Crippen LogP contribution in [0.4, 0.5) is 0 Å². The zero-order valence-corrected chi connectivity index (χ0v) is 7.41. The van der Waals surface area contributed by atoms with Gasteiger partial charge in [0, 0.05) is 18.9 Å². The van der Waals surface area contributed by atoms with Gasteiger partial charge in [-0.15, -0.1) is 0 Å². The molecule has 1 aliphatic rings. The zero-order chi connectivity index (χ0) is 7.61. The first-order valence-corrected chi connectivity index (χ1v) is 4.83. The molecule has 1 saturated carbocycles. The molecule has 0 radical (unpaired) electrons. The molecule has 1 fully saturated rings. The maximum atomic E-state index is 5.56. The molecule has 0 saturated heterocycles. The summed E-state index contributed by atoms with van der Waals surface area (Å²) in [7, 11) is 1.75. The lowest BCUT2D eigenvalue weighted by Gasteiger charge is -2.45. The fraction of sp³-hybridized carbons (Fsp3) is 1.00. The maximum Gasteiger partial charge on any atom is 0.0821 e. The van der Waals surface area contributed by atoms with Crippen LogP contribution in [0.25, 0.3) is 0 Å². The second kappa shape index (κ2) is 3.11. The molecule has 0 spiro atoms. The van der Waals surface area contributed by atoms with Crippen LogP contribution < -0.4 is 5.73 Å². The largest absolute Gasteiger partial charge is 0.377 e. The number of hydrogen-bond acceptors (Lipinski definition) is 3. The molecule has 60 valence electrons. The predicted octanol–water partition coefficient (Wildman–Crippen LogP) is 0.856. The summed E-state index contributed by atoms with van der Waals surface area (Å²) >= 11 is 1.91. The molecule has 1 rings (SSSR count). The first-order valence-electron chi connectivity index (χ1n) is 3.54. The van der Waals surface area contributed by atoms with Crippen molar-refractivity contribution in [3.05, 3.63) is 0 Å². The first-order chi connectivity index (χ1) is 4.76. The molecule has 0 unspecified atom stereocenters. The Morgan fingerprint density at radius 3 is 2.60 bits per heavy atom. The van der Waals surface area contributed by atoms with Gasteiger partial charge in [0.25, 0.3) is 0 Å². The molecule has 0 aromatic heterocycles. The number of rotatable bonds is 3. The topological polar surface area (TPSA) is 35.2 Å². The molecule has 1 aliphatic carbocycles. The normalized spacial score (nSPS) is 39.3. The van der Waals surface area contributed by atoms with Crippen LogP contribution in [-0.2, 0) is 4.74 Å². The average Bonchev–Trinajstić information content (AvgIpc) is 1.89. The summed E-state index contributed by atoms with van der Waals surface area (Å²) in [6.45, 7) is 0.667. The van der Waals surface area contributed by atoms with Gasteiger partial charge in [0.1, 0.15) is 0 Å². The van der Waals surface area contributed by atoms with Gasteiger partial charge >= 0.3 is 0 Å². The van der Waals surface area contributed by atoms with E-state index in [-0.39, 0.29) is 5.60 Å². The summed E-state index contributed by atoms with van der Waals surface area (Å²) in [5.41, 5.74) is 5.60. The van der Waals surface area contributed by atoms with Gasteiger partial charge in [0.2, 0.25) is 0 Å². The number of thioether (sulfide) groups is 1. The summed E-state index contributed by atoms with van der Waals surface area (Å²) in [6.07, 6.45) is 4.39. The van der Waals surface area contributed by atoms with Gasteiger partial charge < -0.3 is 10.5 Å². The highest BCUT2D eigenvalue weighted by molar-refractivity contribution is 7.99. The molecule has 2 nitrogen and oxygen atoms in total. The maximum absolute atomic E-state index is 5.56. The van der Waals surface area contributed by atoms with Crippen molar-refractivity contribution >= 4 is 11.8 Å². The Morgan fingerprint density at radius 2 is 2.30 bits per heavy atom. The minimum atomic E-state index is 0.0354. The summed E-state index contributed by atoms with van der Waals surface area (Å²) < 4.78 is 5.32. The molecule has 10 heavy (non-hydrogen) atoms. The minimum Gasteiger partial charge on any atom is -0.377 e. The van der Waals surface area contributed by atoms with Crippen molar-refractivity contribution in [1.29, 1.82) is 0 Å². The van der Waals surface area contributed by atoms with Crippen molar-refractivity contribution in [2.75, 3.05) is 19.9 Å². The molecule has 0 aliphatic heterocycles. The first kappa shape index (κ1) is 8.37. The van der Waals surface area contributed by atoms with Crippen LogP contribution in [0, 0.1) is 0 Å². The molecule has 0 heterocycles. The monoisotopic (exact) mass is 161 g/mol. The Labute approximate surface area is 66.5 Å². The molecule has 0 aromatic carbocycles. The number of ether oxygens (including phenoxy) is 1. The molecule has 0 atom stereocenters. The average molecular weight is 161 g/mol. The smallest absolute Gasteiger partial charge is 0.0821 e. The van der Waals surface area contributed by atoms with Gasteiger partial charge in [-0.05, 0) is 19.1 Å². The zero-order valence-electron chi connectivity index (χ0n) is 6.59. The van der Waals surface area contributed by atoms with Crippen LogP contribution in [0.2, 0.25) is 0 Å². The predicted molar refractivity (Wildman–Crippen MR) is 45.3 cm³/mol. The molecule has 0 bridgehead atoms. The van der Waals surface area contributed by atoms with Crippen LogP contribution in [0.1, 0.15) is 12.8 Å². The Balaban J connectivity index is 2.31. The van der Waals surface area contributed by atoms with Crippen LogP contribution in [0.3, 0.4) is 0 Å². The van der Waals surface area contributed by atoms with Crippen molar-refractivity contribution < 1.29 is 4.74 Å². The van der Waals surface area contributed by atoms with E-state index in [0.29, 0.717) is 6.54 Å². The van der Waals surface area contributed by atoms with Gasteiger partial charge in [-0.25, -0.2) is 0 Å². The van der Waals surface area contributed by atoms with Crippen molar-refractivity contribution in [3.8, 4) is 0 Å². The third-order valence-electron chi connectivity index (χ3n) is 2.34. The molecule has 0 amide bonds. The Bertz CT molecular complexity index is 106. The molecular weight excluding hydrogens is 146 g/mol. The van der Waals surface area contributed by atoms with E-state index in [1.807, 2.05) is 11.8 Å². The molecule has 3 heteroatoms. The van der Waals surface area contributed by atoms with Crippen molar-refractivity contribution in [3.63, 3.8) is 0 Å². The summed E-state index contributed by atoms with van der Waals surface area (Å²) in [4.78, 5) is 0. The third kappa shape index (κ3) is 1.31. The van der Waals surface area contributed by atoms with Crippen molar-refractivity contribution in [1.82, 2.24) is 0 Å². The van der Waals surface area contributed by atoms with Crippen LogP contribution in [0.5, 0.6) is 0 Å². The fourth-order valence-corrected chi connectivity index (χ4v) is 2.29. The highest BCUT2D eigenvalue weighted by Gasteiger charge is 2.42. The number of nitrogens with two attached hydrogens (primary N) is 1. The lowest BCUT2D eigenvalue weighted by Crippen LogP contribution is -2.52. The SMILES string of the molecule is COC1(CN)CC(SC)C1. The van der Waals surface area contributed by atoms with Crippen LogP contribution >= 0.6 is 11.8 Å². The van der Waals surface area contributed by atoms with E-state index in [4.69, 9.17) is 10.5 Å². The van der Waals surface area contributed by atoms with E-state index in [0.717, 1.165) is 18.1 Å². The van der Waals surface area contributed by atoms with Gasteiger partial charge in [-0.1, -0.05) is 0 Å². The second-order valence-electron chi connectivity index (χ2n) is 2.86. The van der Waals surface area contributed by atoms with Gasteiger partial charge in [-0.3, -0.25) is 0 Å². The Morgan fingerprint density at radius 1 is 1.70 bits per heavy atom.